The van der Waals surface area contributed by atoms with E-state index in [0.717, 1.165) is 13.0 Å². The van der Waals surface area contributed by atoms with Gasteiger partial charge in [0.15, 0.2) is 0 Å². The molecule has 0 bridgehead atoms. The van der Waals surface area contributed by atoms with E-state index in [1.54, 1.807) is 0 Å². The van der Waals surface area contributed by atoms with Gasteiger partial charge in [-0.1, -0.05) is 18.2 Å². The molecule has 1 aliphatic heterocycles. The van der Waals surface area contributed by atoms with E-state index in [2.05, 4.69) is 30.4 Å². The maximum absolute atomic E-state index is 5.50. The molecular formula is C11H15NO. The predicted octanol–water partition coefficient (Wildman–Crippen LogP) is 2.54. The maximum atomic E-state index is 5.50. The summed E-state index contributed by atoms with van der Waals surface area (Å²) in [6.07, 6.45) is 2.51. The molecule has 0 spiro atoms. The molecule has 0 unspecified atom stereocenters. The molecule has 0 saturated carbocycles. The van der Waals surface area contributed by atoms with E-state index in [4.69, 9.17) is 4.74 Å². The van der Waals surface area contributed by atoms with Gasteiger partial charge in [-0.25, -0.2) is 0 Å². The molecule has 13 heavy (non-hydrogen) atoms. The van der Waals surface area contributed by atoms with Crippen LogP contribution in [0.3, 0.4) is 0 Å². The second-order valence-corrected chi connectivity index (χ2v) is 3.46. The van der Waals surface area contributed by atoms with Gasteiger partial charge in [0.25, 0.3) is 0 Å². The molecule has 1 heterocycles. The average molecular weight is 177 g/mol. The molecule has 1 fully saturated rings. The van der Waals surface area contributed by atoms with Gasteiger partial charge in [-0.2, -0.15) is 0 Å². The monoisotopic (exact) mass is 177 g/mol. The Morgan fingerprint density at radius 2 is 2.23 bits per heavy atom. The summed E-state index contributed by atoms with van der Waals surface area (Å²) in [6.45, 7) is 3.00. The Hall–Kier alpha value is -1.02. The summed E-state index contributed by atoms with van der Waals surface area (Å²) in [5.74, 6) is 0. The number of rotatable bonds is 2. The number of hydrogen-bond donors (Lipinski definition) is 1. The SMILES string of the molecule is Cc1ccccc1N[C@H]1CCCO1. The van der Waals surface area contributed by atoms with Crippen molar-refractivity contribution in [2.75, 3.05) is 11.9 Å². The van der Waals surface area contributed by atoms with E-state index in [-0.39, 0.29) is 6.23 Å². The van der Waals surface area contributed by atoms with Crippen LogP contribution in [0.2, 0.25) is 0 Å². The number of para-hydroxylation sites is 1. The number of hydrogen-bond acceptors (Lipinski definition) is 2. The number of ether oxygens (including phenoxy) is 1. The second kappa shape index (κ2) is 3.79. The summed E-state index contributed by atoms with van der Waals surface area (Å²) in [5.41, 5.74) is 2.47. The van der Waals surface area contributed by atoms with Crippen LogP contribution in [0, 0.1) is 6.92 Å². The summed E-state index contributed by atoms with van der Waals surface area (Å²) in [7, 11) is 0. The molecule has 2 nitrogen and oxygen atoms in total. The zero-order chi connectivity index (χ0) is 9.10. The van der Waals surface area contributed by atoms with Crippen LogP contribution in [-0.2, 0) is 4.74 Å². The topological polar surface area (TPSA) is 21.3 Å². The van der Waals surface area contributed by atoms with Crippen LogP contribution in [-0.4, -0.2) is 12.8 Å². The molecule has 0 aromatic heterocycles. The molecule has 2 rings (SSSR count). The predicted molar refractivity (Wildman–Crippen MR) is 53.8 cm³/mol. The van der Waals surface area contributed by atoms with Gasteiger partial charge in [-0.05, 0) is 31.4 Å². The van der Waals surface area contributed by atoms with Gasteiger partial charge in [0.1, 0.15) is 6.23 Å². The Labute approximate surface area is 78.9 Å². The van der Waals surface area contributed by atoms with Crippen LogP contribution in [0.15, 0.2) is 24.3 Å². The number of nitrogens with one attached hydrogen (secondary N) is 1. The highest BCUT2D eigenvalue weighted by molar-refractivity contribution is 5.50. The smallest absolute Gasteiger partial charge is 0.127 e. The van der Waals surface area contributed by atoms with Crippen LogP contribution in [0.25, 0.3) is 0 Å². The quantitative estimate of drug-likeness (QED) is 0.749. The average Bonchev–Trinajstić information content (AvgIpc) is 2.61. The second-order valence-electron chi connectivity index (χ2n) is 3.46. The van der Waals surface area contributed by atoms with Gasteiger partial charge in [0.2, 0.25) is 0 Å². The lowest BCUT2D eigenvalue weighted by Crippen LogP contribution is -2.17. The van der Waals surface area contributed by atoms with Gasteiger partial charge < -0.3 is 10.1 Å². The number of aryl methyl sites for hydroxylation is 1. The van der Waals surface area contributed by atoms with Gasteiger partial charge in [0.05, 0.1) is 0 Å². The Morgan fingerprint density at radius 3 is 2.92 bits per heavy atom. The number of benzene rings is 1. The third-order valence-corrected chi connectivity index (χ3v) is 2.39. The first-order chi connectivity index (χ1) is 6.36. The van der Waals surface area contributed by atoms with Gasteiger partial charge in [-0.15, -0.1) is 0 Å². The van der Waals surface area contributed by atoms with Crippen LogP contribution >= 0.6 is 0 Å². The highest BCUT2D eigenvalue weighted by Gasteiger charge is 2.14. The highest BCUT2D eigenvalue weighted by atomic mass is 16.5. The lowest BCUT2D eigenvalue weighted by Gasteiger charge is -2.14. The molecule has 1 aromatic carbocycles. The van der Waals surface area contributed by atoms with Crippen molar-refractivity contribution in [1.82, 2.24) is 0 Å². The first kappa shape index (κ1) is 8.57. The minimum Gasteiger partial charge on any atom is -0.360 e. The third kappa shape index (κ3) is 2.01. The van der Waals surface area contributed by atoms with E-state index in [1.165, 1.54) is 17.7 Å². The fraction of sp³-hybridized carbons (Fsp3) is 0.455. The molecule has 1 saturated heterocycles. The van der Waals surface area contributed by atoms with Crippen LogP contribution < -0.4 is 5.32 Å². The Morgan fingerprint density at radius 1 is 1.38 bits per heavy atom. The molecule has 0 amide bonds. The van der Waals surface area contributed by atoms with E-state index < -0.39 is 0 Å². The van der Waals surface area contributed by atoms with Crippen LogP contribution in [0.1, 0.15) is 18.4 Å². The molecule has 70 valence electrons. The van der Waals surface area contributed by atoms with Crippen molar-refractivity contribution < 1.29 is 4.74 Å². The van der Waals surface area contributed by atoms with Gasteiger partial charge in [-0.3, -0.25) is 0 Å². The fourth-order valence-electron chi connectivity index (χ4n) is 1.60. The summed E-state index contributed by atoms with van der Waals surface area (Å²) in [4.78, 5) is 0. The molecule has 1 atom stereocenters. The lowest BCUT2D eigenvalue weighted by atomic mass is 10.2. The van der Waals surface area contributed by atoms with Crippen molar-refractivity contribution in [3.05, 3.63) is 29.8 Å². The molecule has 0 radical (unpaired) electrons. The Balaban J connectivity index is 2.04. The largest absolute Gasteiger partial charge is 0.360 e. The van der Waals surface area contributed by atoms with Crippen LogP contribution in [0.4, 0.5) is 5.69 Å². The molecule has 1 aromatic rings. The molecule has 1 aliphatic rings. The van der Waals surface area contributed by atoms with Crippen molar-refractivity contribution in [3.63, 3.8) is 0 Å². The first-order valence-electron chi connectivity index (χ1n) is 4.80. The summed E-state index contributed by atoms with van der Waals surface area (Å²) >= 11 is 0. The standard InChI is InChI=1S/C11H15NO/c1-9-5-2-3-6-10(9)12-11-7-4-8-13-11/h2-3,5-6,11-12H,4,7-8H2,1H3/t11-/m1/s1. The Kier molecular flexibility index (Phi) is 2.50. The van der Waals surface area contributed by atoms with Gasteiger partial charge >= 0.3 is 0 Å². The van der Waals surface area contributed by atoms with Crippen molar-refractivity contribution in [2.45, 2.75) is 26.0 Å². The van der Waals surface area contributed by atoms with Crippen molar-refractivity contribution in [2.24, 2.45) is 0 Å². The first-order valence-corrected chi connectivity index (χ1v) is 4.80. The van der Waals surface area contributed by atoms with E-state index in [1.807, 2.05) is 6.07 Å². The highest BCUT2D eigenvalue weighted by Crippen LogP contribution is 2.19. The van der Waals surface area contributed by atoms with E-state index in [9.17, 15) is 0 Å². The molecule has 1 N–H and O–H groups in total. The van der Waals surface area contributed by atoms with E-state index >= 15 is 0 Å². The number of anilines is 1. The minimum atomic E-state index is 0.223. The van der Waals surface area contributed by atoms with Crippen molar-refractivity contribution >= 4 is 5.69 Å². The van der Waals surface area contributed by atoms with Gasteiger partial charge in [0, 0.05) is 12.3 Å². The maximum Gasteiger partial charge on any atom is 0.127 e. The Bertz CT molecular complexity index is 279. The molecule has 0 aliphatic carbocycles. The van der Waals surface area contributed by atoms with Crippen LogP contribution in [0.5, 0.6) is 0 Å². The fourth-order valence-corrected chi connectivity index (χ4v) is 1.60. The summed E-state index contributed by atoms with van der Waals surface area (Å²) < 4.78 is 5.50. The zero-order valence-corrected chi connectivity index (χ0v) is 7.92. The normalized spacial score (nSPS) is 21.8. The lowest BCUT2D eigenvalue weighted by molar-refractivity contribution is 0.132. The zero-order valence-electron chi connectivity index (χ0n) is 7.92. The summed E-state index contributed by atoms with van der Waals surface area (Å²) in [5, 5.41) is 3.39. The van der Waals surface area contributed by atoms with Crippen molar-refractivity contribution in [3.8, 4) is 0 Å². The minimum absolute atomic E-state index is 0.223. The molecule has 2 heteroatoms. The summed E-state index contributed by atoms with van der Waals surface area (Å²) in [6, 6.07) is 8.30. The molecular weight excluding hydrogens is 162 g/mol. The van der Waals surface area contributed by atoms with Crippen molar-refractivity contribution in [1.29, 1.82) is 0 Å². The third-order valence-electron chi connectivity index (χ3n) is 2.39. The van der Waals surface area contributed by atoms with E-state index in [0.29, 0.717) is 0 Å².